The third kappa shape index (κ3) is 64.9. The summed E-state index contributed by atoms with van der Waals surface area (Å²) < 4.78 is 34.1. The molecule has 1 radical (unpaired) electrons. The molecule has 0 N–H and O–H groups in total. The van der Waals surface area contributed by atoms with Crippen LogP contribution in [0.1, 0.15) is 0 Å². The fourth-order valence-corrected chi connectivity index (χ4v) is 0. The van der Waals surface area contributed by atoms with Gasteiger partial charge < -0.3 is 9.11 Å². The molecular formula is AlO4RbS+. The Morgan fingerprint density at radius 1 is 1.14 bits per heavy atom. The SMILES string of the molecule is O=S(=O)([O-])[O-].[Al+3].[Rb]. The van der Waals surface area contributed by atoms with Crippen LogP contribution in [0.4, 0.5) is 0 Å². The zero-order valence-corrected chi connectivity index (χ0v) is 10.5. The minimum Gasteiger partial charge on any atom is -0.759 e. The van der Waals surface area contributed by atoms with Crippen molar-refractivity contribution in [3.63, 3.8) is 0 Å². The molecule has 0 fully saturated rings. The van der Waals surface area contributed by atoms with Crippen LogP contribution in [0.15, 0.2) is 0 Å². The predicted octanol–water partition coefficient (Wildman–Crippen LogP) is -2.10. The molecule has 0 spiro atoms. The Balaban J connectivity index is -0.0000000800. The number of hydrogen-bond acceptors (Lipinski definition) is 4. The normalized spacial score (nSPS) is 8.29. The van der Waals surface area contributed by atoms with Gasteiger partial charge in [-0.15, -0.1) is 0 Å². The van der Waals surface area contributed by atoms with Gasteiger partial charge in [-0.3, -0.25) is 8.42 Å². The Bertz CT molecular complexity index is 94.9. The fourth-order valence-electron chi connectivity index (χ4n) is 0. The van der Waals surface area contributed by atoms with E-state index in [-0.39, 0.29) is 75.5 Å². The smallest absolute Gasteiger partial charge is 0.759 e. The molecule has 0 amide bonds. The van der Waals surface area contributed by atoms with E-state index in [0.29, 0.717) is 0 Å². The standard InChI is InChI=1S/Al.H2O4S.Rb/c;1-5(2,3)4;/h;(H2,1,2,3,4);/q+3;;/p-2. The third-order valence-corrected chi connectivity index (χ3v) is 0. The van der Waals surface area contributed by atoms with Gasteiger partial charge in [0.05, 0.1) is 0 Å². The maximum Gasteiger partial charge on any atom is 3.00 e. The van der Waals surface area contributed by atoms with Gasteiger partial charge in [0.15, 0.2) is 0 Å². The predicted molar refractivity (Wildman–Crippen MR) is 22.0 cm³/mol. The molecule has 0 aromatic heterocycles. The van der Waals surface area contributed by atoms with Gasteiger partial charge in [-0.2, -0.15) is 0 Å². The molecule has 7 heavy (non-hydrogen) atoms. The summed E-state index contributed by atoms with van der Waals surface area (Å²) in [6.07, 6.45) is 0. The Kier molecular flexibility index (Phi) is 14.6. The molecule has 0 atom stereocenters. The molecule has 4 nitrogen and oxygen atoms in total. The summed E-state index contributed by atoms with van der Waals surface area (Å²) >= 11 is 0. The van der Waals surface area contributed by atoms with Crippen molar-refractivity contribution in [3.8, 4) is 0 Å². The van der Waals surface area contributed by atoms with Gasteiger partial charge in [-0.1, -0.05) is 0 Å². The molecule has 0 rings (SSSR count). The molecule has 0 bridgehead atoms. The second-order valence-corrected chi connectivity index (χ2v) is 1.22. The van der Waals surface area contributed by atoms with Crippen LogP contribution < -0.4 is 0 Å². The van der Waals surface area contributed by atoms with Gasteiger partial charge in [0, 0.05) is 68.6 Å². The Hall–Kier alpha value is 2.21. The molecule has 0 aliphatic carbocycles. The topological polar surface area (TPSA) is 80.3 Å². The number of rotatable bonds is 0. The minimum absolute atomic E-state index is 0. The summed E-state index contributed by atoms with van der Waals surface area (Å²) in [6.45, 7) is 0. The van der Waals surface area contributed by atoms with E-state index in [1.807, 2.05) is 0 Å². The molecule has 0 unspecified atom stereocenters. The van der Waals surface area contributed by atoms with Gasteiger partial charge >= 0.3 is 17.4 Å². The number of hydrogen-bond donors (Lipinski definition) is 0. The zero-order chi connectivity index (χ0) is 4.50. The summed E-state index contributed by atoms with van der Waals surface area (Å²) in [7, 11) is -5.17. The summed E-state index contributed by atoms with van der Waals surface area (Å²) in [4.78, 5) is 0. The van der Waals surface area contributed by atoms with E-state index < -0.39 is 10.4 Å². The van der Waals surface area contributed by atoms with Gasteiger partial charge in [0.25, 0.3) is 0 Å². The molecule has 0 aromatic rings. The van der Waals surface area contributed by atoms with E-state index in [0.717, 1.165) is 0 Å². The van der Waals surface area contributed by atoms with Gasteiger partial charge in [0.2, 0.25) is 0 Å². The van der Waals surface area contributed by atoms with Crippen molar-refractivity contribution in [2.45, 2.75) is 0 Å². The molecule has 0 saturated heterocycles. The van der Waals surface area contributed by atoms with Crippen LogP contribution in [-0.2, 0) is 10.4 Å². The molecule has 7 heteroatoms. The van der Waals surface area contributed by atoms with Crippen molar-refractivity contribution in [3.05, 3.63) is 0 Å². The van der Waals surface area contributed by atoms with Crippen LogP contribution in [0, 0.1) is 0 Å². The van der Waals surface area contributed by atoms with E-state index >= 15 is 0 Å². The van der Waals surface area contributed by atoms with Crippen molar-refractivity contribution in [1.82, 2.24) is 0 Å². The molecule has 0 heterocycles. The van der Waals surface area contributed by atoms with Gasteiger partial charge in [-0.05, 0) is 0 Å². The maximum atomic E-state index is 8.52. The van der Waals surface area contributed by atoms with Crippen LogP contribution in [0.25, 0.3) is 0 Å². The van der Waals surface area contributed by atoms with Gasteiger partial charge in [0.1, 0.15) is 0 Å². The van der Waals surface area contributed by atoms with Crippen LogP contribution in [-0.4, -0.2) is 93.1 Å². The van der Waals surface area contributed by atoms with Crippen molar-refractivity contribution < 1.29 is 17.5 Å². The van der Waals surface area contributed by atoms with Crippen molar-refractivity contribution in [2.75, 3.05) is 0 Å². The van der Waals surface area contributed by atoms with Crippen molar-refractivity contribution >= 4 is 85.9 Å². The molecule has 0 aliphatic rings. The van der Waals surface area contributed by atoms with E-state index in [2.05, 4.69) is 0 Å². The first-order valence-corrected chi connectivity index (χ1v) is 2.00. The van der Waals surface area contributed by atoms with Gasteiger partial charge in [-0.25, -0.2) is 0 Å². The molecule has 0 aromatic carbocycles. The first-order chi connectivity index (χ1) is 2.00. The summed E-state index contributed by atoms with van der Waals surface area (Å²) in [6, 6.07) is 0. The van der Waals surface area contributed by atoms with Crippen LogP contribution >= 0.6 is 0 Å². The molecule has 33 valence electrons. The monoisotopic (exact) mass is 208 g/mol. The van der Waals surface area contributed by atoms with Crippen LogP contribution in [0.2, 0.25) is 0 Å². The zero-order valence-electron chi connectivity index (χ0n) is 3.62. The van der Waals surface area contributed by atoms with E-state index in [9.17, 15) is 0 Å². The van der Waals surface area contributed by atoms with E-state index in [4.69, 9.17) is 17.5 Å². The molecule has 0 saturated carbocycles. The average molecular weight is 209 g/mol. The summed E-state index contributed by atoms with van der Waals surface area (Å²) in [5.74, 6) is 0. The second-order valence-electron chi connectivity index (χ2n) is 0.408. The Morgan fingerprint density at radius 2 is 1.14 bits per heavy atom. The van der Waals surface area contributed by atoms with Crippen molar-refractivity contribution in [2.24, 2.45) is 0 Å². The average Bonchev–Trinajstić information content (AvgIpc) is 0.722. The Labute approximate surface area is 101 Å². The first kappa shape index (κ1) is 16.1. The quantitative estimate of drug-likeness (QED) is 0.259. The van der Waals surface area contributed by atoms with E-state index in [1.54, 1.807) is 0 Å². The fraction of sp³-hybridized carbons (Fsp3) is 0. The van der Waals surface area contributed by atoms with Crippen molar-refractivity contribution in [1.29, 1.82) is 0 Å². The third-order valence-electron chi connectivity index (χ3n) is 0. The maximum absolute atomic E-state index is 8.52. The van der Waals surface area contributed by atoms with Crippen LogP contribution in [0.5, 0.6) is 0 Å². The summed E-state index contributed by atoms with van der Waals surface area (Å²) in [5.41, 5.74) is 0. The molecule has 0 aliphatic heterocycles. The van der Waals surface area contributed by atoms with Crippen LogP contribution in [0.3, 0.4) is 0 Å². The Morgan fingerprint density at radius 3 is 1.14 bits per heavy atom. The summed E-state index contributed by atoms with van der Waals surface area (Å²) in [5, 5.41) is 0. The molecular weight excluding hydrogens is 209 g/mol. The first-order valence-electron chi connectivity index (χ1n) is 0.667. The van der Waals surface area contributed by atoms with E-state index in [1.165, 1.54) is 0 Å². The minimum atomic E-state index is -5.17. The largest absolute Gasteiger partial charge is 3.00 e. The second kappa shape index (κ2) is 6.33.